The van der Waals surface area contributed by atoms with Crippen LogP contribution in [0.5, 0.6) is 23.0 Å². The third-order valence-corrected chi connectivity index (χ3v) is 9.91. The molecular formula is C44H68N6O8. The van der Waals surface area contributed by atoms with Gasteiger partial charge in [0.2, 0.25) is 5.43 Å². The average Bonchev–Trinajstić information content (AvgIpc) is 3.19. The quantitative estimate of drug-likeness (QED) is 0.0416. The SMILES string of the molecule is CCN(CC)CCNCCNC(=O)COc1cc2oc3cc(OCC(=O)NCCNCCN(CC)CC)c(OC)c(CC=C(C)C)c3c(=O)c2c(O)c1CC=C(C)C. The highest BCUT2D eigenvalue weighted by Gasteiger charge is 2.25. The Morgan fingerprint density at radius 1 is 0.690 bits per heavy atom. The van der Waals surface area contributed by atoms with Gasteiger partial charge in [-0.1, -0.05) is 51.0 Å². The molecule has 322 valence electrons. The topological polar surface area (TPSA) is 167 Å². The monoisotopic (exact) mass is 809 g/mol. The predicted octanol–water partition coefficient (Wildman–Crippen LogP) is 4.53. The Labute approximate surface area is 344 Å². The van der Waals surface area contributed by atoms with Crippen LogP contribution in [-0.2, 0) is 22.4 Å². The van der Waals surface area contributed by atoms with Gasteiger partial charge in [-0.15, -0.1) is 0 Å². The molecule has 0 saturated heterocycles. The van der Waals surface area contributed by atoms with E-state index in [-0.39, 0.29) is 76.4 Å². The lowest BCUT2D eigenvalue weighted by Crippen LogP contribution is -2.37. The van der Waals surface area contributed by atoms with Gasteiger partial charge >= 0.3 is 0 Å². The average molecular weight is 809 g/mol. The molecule has 58 heavy (non-hydrogen) atoms. The molecule has 0 saturated carbocycles. The molecule has 0 bridgehead atoms. The Morgan fingerprint density at radius 2 is 1.16 bits per heavy atom. The number of methoxy groups -OCH3 is 1. The Hall–Kier alpha value is -4.63. The maximum Gasteiger partial charge on any atom is 0.257 e. The Kier molecular flexibility index (Phi) is 20.6. The van der Waals surface area contributed by atoms with Crippen LogP contribution in [0, 0.1) is 0 Å². The molecule has 2 aromatic carbocycles. The van der Waals surface area contributed by atoms with Gasteiger partial charge in [0, 0.05) is 75.6 Å². The number of aromatic hydroxyl groups is 1. The van der Waals surface area contributed by atoms with Gasteiger partial charge in [0.05, 0.1) is 12.5 Å². The highest BCUT2D eigenvalue weighted by molar-refractivity contribution is 5.98. The first kappa shape index (κ1) is 47.7. The van der Waals surface area contributed by atoms with Crippen LogP contribution < -0.4 is 40.9 Å². The molecule has 14 heteroatoms. The molecule has 5 N–H and O–H groups in total. The van der Waals surface area contributed by atoms with E-state index in [2.05, 4.69) is 58.8 Å². The lowest BCUT2D eigenvalue weighted by molar-refractivity contribution is -0.123. The van der Waals surface area contributed by atoms with Crippen molar-refractivity contribution in [2.75, 3.05) is 98.9 Å². The fourth-order valence-electron chi connectivity index (χ4n) is 6.44. The number of amides is 2. The van der Waals surface area contributed by atoms with Crippen LogP contribution in [-0.4, -0.2) is 126 Å². The highest BCUT2D eigenvalue weighted by Crippen LogP contribution is 2.41. The second-order valence-corrected chi connectivity index (χ2v) is 14.6. The van der Waals surface area contributed by atoms with Crippen LogP contribution in [0.2, 0.25) is 0 Å². The van der Waals surface area contributed by atoms with E-state index in [0.717, 1.165) is 63.5 Å². The van der Waals surface area contributed by atoms with Crippen molar-refractivity contribution in [2.24, 2.45) is 0 Å². The number of likely N-dealkylation sites (N-methyl/N-ethyl adjacent to an activating group) is 2. The molecule has 14 nitrogen and oxygen atoms in total. The van der Waals surface area contributed by atoms with Crippen molar-refractivity contribution in [3.8, 4) is 23.0 Å². The van der Waals surface area contributed by atoms with Crippen LogP contribution in [0.3, 0.4) is 0 Å². The van der Waals surface area contributed by atoms with E-state index in [1.54, 1.807) is 0 Å². The van der Waals surface area contributed by atoms with Crippen molar-refractivity contribution >= 4 is 33.8 Å². The molecule has 0 aliphatic heterocycles. The van der Waals surface area contributed by atoms with Crippen LogP contribution in [0.1, 0.15) is 66.5 Å². The second-order valence-electron chi connectivity index (χ2n) is 14.6. The smallest absolute Gasteiger partial charge is 0.257 e. The van der Waals surface area contributed by atoms with Crippen molar-refractivity contribution in [1.29, 1.82) is 0 Å². The van der Waals surface area contributed by atoms with Gasteiger partial charge in [-0.2, -0.15) is 0 Å². The maximum atomic E-state index is 14.5. The van der Waals surface area contributed by atoms with Crippen LogP contribution >= 0.6 is 0 Å². The minimum atomic E-state index is -0.460. The number of ether oxygens (including phenoxy) is 3. The molecular weight excluding hydrogens is 741 g/mol. The van der Waals surface area contributed by atoms with E-state index < -0.39 is 5.43 Å². The number of allylic oxidation sites excluding steroid dienone is 4. The number of hydrogen-bond acceptors (Lipinski definition) is 12. The molecule has 0 fully saturated rings. The summed E-state index contributed by atoms with van der Waals surface area (Å²) >= 11 is 0. The summed E-state index contributed by atoms with van der Waals surface area (Å²) in [6.45, 7) is 25.3. The fourth-order valence-corrected chi connectivity index (χ4v) is 6.44. The normalized spacial score (nSPS) is 11.3. The van der Waals surface area contributed by atoms with Gasteiger partial charge in [-0.05, 0) is 66.7 Å². The molecule has 0 spiro atoms. The Morgan fingerprint density at radius 3 is 1.64 bits per heavy atom. The zero-order valence-electron chi connectivity index (χ0n) is 36.3. The third-order valence-electron chi connectivity index (χ3n) is 9.91. The van der Waals surface area contributed by atoms with Crippen LogP contribution in [0.25, 0.3) is 21.9 Å². The maximum absolute atomic E-state index is 14.5. The first-order valence-corrected chi connectivity index (χ1v) is 20.7. The van der Waals surface area contributed by atoms with Crippen LogP contribution in [0.15, 0.2) is 44.6 Å². The van der Waals surface area contributed by atoms with Gasteiger partial charge in [-0.25, -0.2) is 0 Å². The van der Waals surface area contributed by atoms with E-state index >= 15 is 0 Å². The highest BCUT2D eigenvalue weighted by atomic mass is 16.5. The molecule has 1 heterocycles. The van der Waals surface area contributed by atoms with Crippen molar-refractivity contribution in [2.45, 2.75) is 68.2 Å². The van der Waals surface area contributed by atoms with Crippen molar-refractivity contribution in [3.63, 3.8) is 0 Å². The molecule has 3 aromatic rings. The largest absolute Gasteiger partial charge is 0.507 e. The number of hydrogen-bond donors (Lipinski definition) is 5. The number of phenols is 1. The fraction of sp³-hybridized carbons (Fsp3) is 0.568. The molecule has 0 aliphatic rings. The molecule has 0 aliphatic carbocycles. The number of nitrogens with one attached hydrogen (secondary N) is 4. The van der Waals surface area contributed by atoms with Crippen molar-refractivity contribution in [3.05, 3.63) is 56.8 Å². The van der Waals surface area contributed by atoms with Gasteiger partial charge in [-0.3, -0.25) is 14.4 Å². The van der Waals surface area contributed by atoms with Gasteiger partial charge in [0.15, 0.2) is 24.7 Å². The zero-order valence-corrected chi connectivity index (χ0v) is 36.3. The number of nitrogens with zero attached hydrogens (tertiary/aromatic N) is 2. The second kappa shape index (κ2) is 25.0. The molecule has 2 amide bonds. The summed E-state index contributed by atoms with van der Waals surface area (Å²) in [6, 6.07) is 3.07. The van der Waals surface area contributed by atoms with Crippen molar-refractivity contribution in [1.82, 2.24) is 31.1 Å². The third kappa shape index (κ3) is 14.3. The van der Waals surface area contributed by atoms with Crippen molar-refractivity contribution < 1.29 is 33.3 Å². The first-order chi connectivity index (χ1) is 27.9. The summed E-state index contributed by atoms with van der Waals surface area (Å²) in [4.78, 5) is 44.8. The Balaban J connectivity index is 1.92. The summed E-state index contributed by atoms with van der Waals surface area (Å²) in [5.74, 6) is -0.202. The standard InChI is InChI=1S/C44H68N6O8/c1-10-49(11-2)24-22-45-18-20-47-38(51)28-56-34-26-36-41(42(53)32(34)16-14-30(5)6)43(54)40-33(17-15-31(7)8)44(55-9)37(27-35(40)58-36)57-29-39(52)48-21-19-46-23-25-50(12-3)13-4/h14-15,26-27,45-46,53H,10-13,16-25,28-29H2,1-9H3,(H,47,51)(H,48,52). The summed E-state index contributed by atoms with van der Waals surface area (Å²) in [6.07, 6.45) is 4.42. The zero-order chi connectivity index (χ0) is 42.6. The minimum Gasteiger partial charge on any atom is -0.507 e. The lowest BCUT2D eigenvalue weighted by Gasteiger charge is -2.18. The van der Waals surface area contributed by atoms with E-state index in [9.17, 15) is 19.5 Å². The first-order valence-electron chi connectivity index (χ1n) is 20.7. The van der Waals surface area contributed by atoms with E-state index in [1.165, 1.54) is 19.2 Å². The van der Waals surface area contributed by atoms with Gasteiger partial charge in [0.25, 0.3) is 11.8 Å². The summed E-state index contributed by atoms with van der Waals surface area (Å²) in [5, 5.41) is 24.4. The number of phenolic OH excluding ortho intramolecular Hbond substituents is 1. The van der Waals surface area contributed by atoms with Crippen LogP contribution in [0.4, 0.5) is 0 Å². The molecule has 0 radical (unpaired) electrons. The number of carbonyl (C=O) groups excluding carboxylic acids is 2. The number of rotatable bonds is 27. The molecule has 0 unspecified atom stereocenters. The van der Waals surface area contributed by atoms with E-state index in [4.69, 9.17) is 18.6 Å². The van der Waals surface area contributed by atoms with E-state index in [0.29, 0.717) is 43.7 Å². The van der Waals surface area contributed by atoms with E-state index in [1.807, 2.05) is 39.8 Å². The number of benzene rings is 2. The number of fused-ring (bicyclic) bond motifs is 2. The summed E-state index contributed by atoms with van der Waals surface area (Å²) < 4.78 is 24.2. The lowest BCUT2D eigenvalue weighted by atomic mass is 9.98. The predicted molar refractivity (Wildman–Crippen MR) is 233 cm³/mol. The van der Waals surface area contributed by atoms with Gasteiger partial charge in [0.1, 0.15) is 28.1 Å². The number of carbonyl (C=O) groups is 2. The summed E-state index contributed by atoms with van der Waals surface area (Å²) in [5.41, 5.74) is 2.65. The molecule has 1 aromatic heterocycles. The molecule has 0 atom stereocenters. The van der Waals surface area contributed by atoms with Gasteiger partial charge < -0.3 is 54.8 Å². The minimum absolute atomic E-state index is 0.0171. The Bertz CT molecular complexity index is 1910. The summed E-state index contributed by atoms with van der Waals surface area (Å²) in [7, 11) is 1.48. The molecule has 3 rings (SSSR count).